The summed E-state index contributed by atoms with van der Waals surface area (Å²) in [7, 11) is 0. The van der Waals surface area contributed by atoms with E-state index in [4.69, 9.17) is 0 Å². The monoisotopic (exact) mass is 418 g/mol. The second kappa shape index (κ2) is 5.81. The molecule has 142 valence electrons. The fourth-order valence-corrected chi connectivity index (χ4v) is 7.47. The molecule has 0 saturated heterocycles. The van der Waals surface area contributed by atoms with Gasteiger partial charge in [-0.15, -0.1) is 22.7 Å². The summed E-state index contributed by atoms with van der Waals surface area (Å²) in [5.74, 6) is 0. The van der Waals surface area contributed by atoms with Crippen molar-refractivity contribution in [3.8, 4) is 0 Å². The lowest BCUT2D eigenvalue weighted by Gasteiger charge is -2.05. The summed E-state index contributed by atoms with van der Waals surface area (Å²) in [5.41, 5.74) is 2.73. The van der Waals surface area contributed by atoms with Crippen LogP contribution in [0.15, 0.2) is 72.8 Å². The highest BCUT2D eigenvalue weighted by molar-refractivity contribution is 7.36. The van der Waals surface area contributed by atoms with Gasteiger partial charge in [-0.2, -0.15) is 0 Å². The largest absolute Gasteiger partial charge is 0.134 e. The number of hydrogen-bond acceptors (Lipinski definition) is 2. The van der Waals surface area contributed by atoms with Crippen LogP contribution in [0.2, 0.25) is 0 Å². The molecule has 0 radical (unpaired) electrons. The second-order valence-electron chi connectivity index (χ2n) is 8.35. The normalized spacial score (nSPS) is 12.3. The van der Waals surface area contributed by atoms with Crippen molar-refractivity contribution in [1.82, 2.24) is 0 Å². The Balaban J connectivity index is 1.60. The molecule has 0 unspecified atom stereocenters. The Bertz CT molecular complexity index is 1810. The van der Waals surface area contributed by atoms with Crippen molar-refractivity contribution in [2.45, 2.75) is 13.8 Å². The summed E-state index contributed by atoms with van der Waals surface area (Å²) in [6.07, 6.45) is 0. The van der Waals surface area contributed by atoms with E-state index in [2.05, 4.69) is 86.6 Å². The van der Waals surface area contributed by atoms with E-state index < -0.39 is 0 Å². The van der Waals surface area contributed by atoms with Crippen molar-refractivity contribution in [2.24, 2.45) is 0 Å². The van der Waals surface area contributed by atoms with Gasteiger partial charge >= 0.3 is 0 Å². The van der Waals surface area contributed by atoms with Crippen LogP contribution in [0.3, 0.4) is 0 Å². The van der Waals surface area contributed by atoms with Crippen molar-refractivity contribution < 1.29 is 0 Å². The highest BCUT2D eigenvalue weighted by atomic mass is 32.1. The van der Waals surface area contributed by atoms with E-state index in [1.165, 1.54) is 73.0 Å². The van der Waals surface area contributed by atoms with Gasteiger partial charge in [0.1, 0.15) is 0 Å². The van der Waals surface area contributed by atoms with Crippen LogP contribution < -0.4 is 0 Å². The van der Waals surface area contributed by atoms with Gasteiger partial charge in [-0.25, -0.2) is 0 Å². The molecule has 0 bridgehead atoms. The maximum absolute atomic E-state index is 2.41. The quantitative estimate of drug-likeness (QED) is 0.215. The SMILES string of the molecule is Cc1cc2cc3sc4c5cc6ccc7ccccc7c6cc5sc4c3cc2cc1C. The van der Waals surface area contributed by atoms with Crippen molar-refractivity contribution in [3.05, 3.63) is 83.9 Å². The summed E-state index contributed by atoms with van der Waals surface area (Å²) in [6.45, 7) is 4.41. The molecule has 0 aliphatic heterocycles. The van der Waals surface area contributed by atoms with Crippen molar-refractivity contribution in [2.75, 3.05) is 0 Å². The molecule has 0 fully saturated rings. The van der Waals surface area contributed by atoms with E-state index in [9.17, 15) is 0 Å². The van der Waals surface area contributed by atoms with Gasteiger partial charge in [-0.05, 0) is 81.6 Å². The summed E-state index contributed by atoms with van der Waals surface area (Å²) in [4.78, 5) is 0. The number of benzene rings is 5. The maximum Gasteiger partial charge on any atom is 0.0542 e. The molecular formula is C28H18S2. The average Bonchev–Trinajstić information content (AvgIpc) is 3.27. The highest BCUT2D eigenvalue weighted by Crippen LogP contribution is 2.46. The lowest BCUT2D eigenvalue weighted by molar-refractivity contribution is 1.37. The van der Waals surface area contributed by atoms with Crippen LogP contribution in [0, 0.1) is 13.8 Å². The van der Waals surface area contributed by atoms with Crippen LogP contribution in [0.1, 0.15) is 11.1 Å². The predicted octanol–water partition coefficient (Wildman–Crippen LogP) is 9.35. The van der Waals surface area contributed by atoms with Gasteiger partial charge in [0.25, 0.3) is 0 Å². The first-order chi connectivity index (χ1) is 14.7. The third-order valence-corrected chi connectivity index (χ3v) is 9.02. The van der Waals surface area contributed by atoms with E-state index in [1.807, 2.05) is 22.7 Å². The van der Waals surface area contributed by atoms with Gasteiger partial charge in [0.15, 0.2) is 0 Å². The molecule has 7 rings (SSSR count). The van der Waals surface area contributed by atoms with E-state index in [-0.39, 0.29) is 0 Å². The van der Waals surface area contributed by atoms with E-state index in [0.29, 0.717) is 0 Å². The molecule has 0 aliphatic rings. The van der Waals surface area contributed by atoms with E-state index in [1.54, 1.807) is 0 Å². The zero-order valence-corrected chi connectivity index (χ0v) is 18.4. The van der Waals surface area contributed by atoms with Crippen LogP contribution in [-0.2, 0) is 0 Å². The molecule has 0 atom stereocenters. The molecule has 0 nitrogen and oxygen atoms in total. The summed E-state index contributed by atoms with van der Waals surface area (Å²) >= 11 is 3.89. The molecule has 0 saturated carbocycles. The average molecular weight is 419 g/mol. The zero-order chi connectivity index (χ0) is 20.0. The molecule has 5 aromatic carbocycles. The van der Waals surface area contributed by atoms with Crippen LogP contribution in [0.5, 0.6) is 0 Å². The molecule has 2 heteroatoms. The Labute approximate surface area is 182 Å². The second-order valence-corrected chi connectivity index (χ2v) is 10.5. The molecule has 0 spiro atoms. The smallest absolute Gasteiger partial charge is 0.0542 e. The van der Waals surface area contributed by atoms with Crippen molar-refractivity contribution >= 4 is 84.6 Å². The Hall–Kier alpha value is -2.94. The first kappa shape index (κ1) is 16.8. The Morgan fingerprint density at radius 3 is 1.83 bits per heavy atom. The minimum Gasteiger partial charge on any atom is -0.134 e. The van der Waals surface area contributed by atoms with E-state index in [0.717, 1.165) is 0 Å². The van der Waals surface area contributed by atoms with Crippen LogP contribution in [0.25, 0.3) is 61.9 Å². The summed E-state index contributed by atoms with van der Waals surface area (Å²) in [5, 5.41) is 10.8. The maximum atomic E-state index is 2.41. The Morgan fingerprint density at radius 1 is 0.467 bits per heavy atom. The first-order valence-corrected chi connectivity index (χ1v) is 11.9. The van der Waals surface area contributed by atoms with Crippen molar-refractivity contribution in [3.63, 3.8) is 0 Å². The number of rotatable bonds is 0. The fraction of sp³-hybridized carbons (Fsp3) is 0.0714. The van der Waals surface area contributed by atoms with Crippen LogP contribution in [-0.4, -0.2) is 0 Å². The number of aryl methyl sites for hydroxylation is 2. The van der Waals surface area contributed by atoms with Gasteiger partial charge in [-0.1, -0.05) is 48.5 Å². The van der Waals surface area contributed by atoms with Gasteiger partial charge in [0.2, 0.25) is 0 Å². The molecular weight excluding hydrogens is 400 g/mol. The first-order valence-electron chi connectivity index (χ1n) is 10.3. The van der Waals surface area contributed by atoms with Gasteiger partial charge in [0, 0.05) is 20.2 Å². The third-order valence-electron chi connectivity index (χ3n) is 6.52. The Morgan fingerprint density at radius 2 is 1.07 bits per heavy atom. The zero-order valence-electron chi connectivity index (χ0n) is 16.7. The summed E-state index contributed by atoms with van der Waals surface area (Å²) in [6, 6.07) is 27.5. The molecule has 0 N–H and O–H groups in total. The lowest BCUT2D eigenvalue weighted by atomic mass is 10.0. The lowest BCUT2D eigenvalue weighted by Crippen LogP contribution is -1.81. The number of thiophene rings is 2. The number of fused-ring (bicyclic) bond motifs is 9. The predicted molar refractivity (Wildman–Crippen MR) is 137 cm³/mol. The molecule has 7 aromatic rings. The highest BCUT2D eigenvalue weighted by Gasteiger charge is 2.14. The molecule has 2 heterocycles. The Kier molecular flexibility index (Phi) is 3.26. The summed E-state index contributed by atoms with van der Waals surface area (Å²) < 4.78 is 5.66. The van der Waals surface area contributed by atoms with E-state index >= 15 is 0 Å². The molecule has 0 amide bonds. The van der Waals surface area contributed by atoms with Crippen LogP contribution in [0.4, 0.5) is 0 Å². The molecule has 0 aliphatic carbocycles. The van der Waals surface area contributed by atoms with Gasteiger partial charge < -0.3 is 0 Å². The fourth-order valence-electron chi connectivity index (χ4n) is 4.78. The van der Waals surface area contributed by atoms with Gasteiger partial charge in [0.05, 0.1) is 9.40 Å². The third kappa shape index (κ3) is 2.21. The van der Waals surface area contributed by atoms with Gasteiger partial charge in [-0.3, -0.25) is 0 Å². The number of hydrogen-bond donors (Lipinski definition) is 0. The van der Waals surface area contributed by atoms with Crippen LogP contribution >= 0.6 is 22.7 Å². The minimum atomic E-state index is 1.31. The molecule has 2 aromatic heterocycles. The minimum absolute atomic E-state index is 1.31. The standard InChI is InChI=1S/C28H18S2/c1-15-9-19-12-24-25(13-20(19)10-16(15)2)29-27-23-11-18-8-7-17-5-3-4-6-21(17)22(18)14-26(23)30-28(24)27/h3-14H,1-2H3. The molecule has 30 heavy (non-hydrogen) atoms. The van der Waals surface area contributed by atoms with Crippen molar-refractivity contribution in [1.29, 1.82) is 0 Å². The topological polar surface area (TPSA) is 0 Å².